The molecule has 2 amide bonds. The van der Waals surface area contributed by atoms with E-state index in [0.29, 0.717) is 11.1 Å². The molecule has 0 aromatic heterocycles. The maximum atomic E-state index is 12.7. The highest BCUT2D eigenvalue weighted by molar-refractivity contribution is 5.97. The number of hydrogen-bond acceptors (Lipinski definition) is 2. The van der Waals surface area contributed by atoms with Crippen LogP contribution >= 0.6 is 0 Å². The van der Waals surface area contributed by atoms with Gasteiger partial charge in [-0.3, -0.25) is 9.59 Å². The van der Waals surface area contributed by atoms with E-state index >= 15 is 0 Å². The Labute approximate surface area is 142 Å². The standard InChI is InChI=1S/C20H22N2O2/c1-14-5-4-6-17(13-14)20(11-2-3-12-20)22-19(24)16-9-7-15(8-10-16)18(21)23/h4-10,13H,2-3,11-12H2,1H3,(H2,21,23)(H,22,24). The average Bonchev–Trinajstić information content (AvgIpc) is 3.04. The predicted molar refractivity (Wildman–Crippen MR) is 93.8 cm³/mol. The molecule has 0 heterocycles. The van der Waals surface area contributed by atoms with Gasteiger partial charge < -0.3 is 11.1 Å². The quantitative estimate of drug-likeness (QED) is 0.906. The monoisotopic (exact) mass is 322 g/mol. The molecular formula is C20H22N2O2. The molecule has 2 aromatic carbocycles. The van der Waals surface area contributed by atoms with Gasteiger partial charge >= 0.3 is 0 Å². The zero-order valence-electron chi connectivity index (χ0n) is 13.8. The van der Waals surface area contributed by atoms with E-state index in [2.05, 4.69) is 30.4 Å². The van der Waals surface area contributed by atoms with Crippen molar-refractivity contribution in [3.8, 4) is 0 Å². The molecule has 1 saturated carbocycles. The number of primary amides is 1. The third kappa shape index (κ3) is 3.18. The lowest BCUT2D eigenvalue weighted by atomic mass is 9.87. The molecule has 24 heavy (non-hydrogen) atoms. The van der Waals surface area contributed by atoms with Gasteiger partial charge in [-0.2, -0.15) is 0 Å². The molecule has 4 heteroatoms. The molecule has 0 unspecified atom stereocenters. The van der Waals surface area contributed by atoms with Crippen LogP contribution in [-0.2, 0) is 5.54 Å². The van der Waals surface area contributed by atoms with Crippen LogP contribution in [-0.4, -0.2) is 11.8 Å². The fraction of sp³-hybridized carbons (Fsp3) is 0.300. The number of benzene rings is 2. The Bertz CT molecular complexity index is 759. The molecule has 0 atom stereocenters. The van der Waals surface area contributed by atoms with Gasteiger partial charge in [-0.05, 0) is 49.6 Å². The maximum Gasteiger partial charge on any atom is 0.251 e. The summed E-state index contributed by atoms with van der Waals surface area (Å²) in [5, 5.41) is 3.25. The highest BCUT2D eigenvalue weighted by Gasteiger charge is 2.37. The van der Waals surface area contributed by atoms with Gasteiger partial charge in [0.15, 0.2) is 0 Å². The van der Waals surface area contributed by atoms with Crippen molar-refractivity contribution in [3.05, 3.63) is 70.8 Å². The maximum absolute atomic E-state index is 12.7. The van der Waals surface area contributed by atoms with E-state index in [1.807, 2.05) is 6.07 Å². The van der Waals surface area contributed by atoms with Crippen LogP contribution in [0, 0.1) is 6.92 Å². The van der Waals surface area contributed by atoms with Crippen LogP contribution in [0.25, 0.3) is 0 Å². The Kier molecular flexibility index (Phi) is 4.38. The summed E-state index contributed by atoms with van der Waals surface area (Å²) in [7, 11) is 0. The molecule has 0 radical (unpaired) electrons. The summed E-state index contributed by atoms with van der Waals surface area (Å²) in [5.41, 5.74) is 8.25. The van der Waals surface area contributed by atoms with Crippen LogP contribution in [0.3, 0.4) is 0 Å². The van der Waals surface area contributed by atoms with Gasteiger partial charge in [-0.15, -0.1) is 0 Å². The number of carbonyl (C=O) groups is 2. The van der Waals surface area contributed by atoms with Gasteiger partial charge in [0.05, 0.1) is 5.54 Å². The number of hydrogen-bond donors (Lipinski definition) is 2. The zero-order chi connectivity index (χ0) is 17.2. The molecule has 0 bridgehead atoms. The first-order chi connectivity index (χ1) is 11.5. The van der Waals surface area contributed by atoms with E-state index in [-0.39, 0.29) is 11.4 Å². The van der Waals surface area contributed by atoms with Crippen molar-refractivity contribution in [2.24, 2.45) is 5.73 Å². The lowest BCUT2D eigenvalue weighted by Crippen LogP contribution is -2.43. The number of carbonyl (C=O) groups excluding carboxylic acids is 2. The number of nitrogens with two attached hydrogens (primary N) is 1. The lowest BCUT2D eigenvalue weighted by molar-refractivity contribution is 0.0896. The van der Waals surface area contributed by atoms with E-state index in [1.165, 1.54) is 11.1 Å². The first-order valence-corrected chi connectivity index (χ1v) is 8.30. The average molecular weight is 322 g/mol. The Morgan fingerprint density at radius 2 is 1.62 bits per heavy atom. The van der Waals surface area contributed by atoms with E-state index in [4.69, 9.17) is 5.73 Å². The highest BCUT2D eigenvalue weighted by Crippen LogP contribution is 2.39. The van der Waals surface area contributed by atoms with Crippen LogP contribution in [0.2, 0.25) is 0 Å². The lowest BCUT2D eigenvalue weighted by Gasteiger charge is -2.31. The second-order valence-corrected chi connectivity index (χ2v) is 6.55. The van der Waals surface area contributed by atoms with E-state index in [1.54, 1.807) is 24.3 Å². The Morgan fingerprint density at radius 3 is 2.21 bits per heavy atom. The Morgan fingerprint density at radius 1 is 1.00 bits per heavy atom. The van der Waals surface area contributed by atoms with Crippen LogP contribution in [0.15, 0.2) is 48.5 Å². The minimum Gasteiger partial charge on any atom is -0.366 e. The number of aryl methyl sites for hydroxylation is 1. The summed E-state index contributed by atoms with van der Waals surface area (Å²) in [4.78, 5) is 23.9. The summed E-state index contributed by atoms with van der Waals surface area (Å²) in [5.74, 6) is -0.608. The van der Waals surface area contributed by atoms with Crippen molar-refractivity contribution in [3.63, 3.8) is 0 Å². The van der Waals surface area contributed by atoms with Crippen LogP contribution in [0.1, 0.15) is 57.5 Å². The molecule has 0 spiro atoms. The number of rotatable bonds is 4. The van der Waals surface area contributed by atoms with E-state index in [9.17, 15) is 9.59 Å². The minimum absolute atomic E-state index is 0.116. The molecule has 3 N–H and O–H groups in total. The molecule has 1 aliphatic rings. The molecule has 2 aromatic rings. The summed E-state index contributed by atoms with van der Waals surface area (Å²) in [6, 6.07) is 14.8. The molecular weight excluding hydrogens is 300 g/mol. The summed E-state index contributed by atoms with van der Waals surface area (Å²) in [6.07, 6.45) is 4.10. The van der Waals surface area contributed by atoms with Crippen molar-refractivity contribution in [1.29, 1.82) is 0 Å². The van der Waals surface area contributed by atoms with Gasteiger partial charge in [0.1, 0.15) is 0 Å². The zero-order valence-corrected chi connectivity index (χ0v) is 13.8. The number of nitrogens with one attached hydrogen (secondary N) is 1. The first kappa shape index (κ1) is 16.2. The van der Waals surface area contributed by atoms with E-state index in [0.717, 1.165) is 25.7 Å². The molecule has 1 aliphatic carbocycles. The molecule has 0 saturated heterocycles. The normalized spacial score (nSPS) is 15.9. The molecule has 1 fully saturated rings. The third-order valence-electron chi connectivity index (χ3n) is 4.81. The van der Waals surface area contributed by atoms with Gasteiger partial charge in [0, 0.05) is 11.1 Å². The van der Waals surface area contributed by atoms with Gasteiger partial charge in [0.2, 0.25) is 5.91 Å². The SMILES string of the molecule is Cc1cccc(C2(NC(=O)c3ccc(C(N)=O)cc3)CCCC2)c1. The topological polar surface area (TPSA) is 72.2 Å². The molecule has 3 rings (SSSR count). The van der Waals surface area contributed by atoms with Crippen LogP contribution in [0.5, 0.6) is 0 Å². The second kappa shape index (κ2) is 6.48. The van der Waals surface area contributed by atoms with Crippen molar-refractivity contribution in [1.82, 2.24) is 5.32 Å². The highest BCUT2D eigenvalue weighted by atomic mass is 16.2. The van der Waals surface area contributed by atoms with Crippen molar-refractivity contribution >= 4 is 11.8 Å². The predicted octanol–water partition coefficient (Wildman–Crippen LogP) is 3.29. The number of amides is 2. The third-order valence-corrected chi connectivity index (χ3v) is 4.81. The van der Waals surface area contributed by atoms with Gasteiger partial charge in [0.25, 0.3) is 5.91 Å². The fourth-order valence-electron chi connectivity index (χ4n) is 3.48. The van der Waals surface area contributed by atoms with Crippen molar-refractivity contribution in [2.45, 2.75) is 38.1 Å². The largest absolute Gasteiger partial charge is 0.366 e. The van der Waals surface area contributed by atoms with Crippen molar-refractivity contribution in [2.75, 3.05) is 0 Å². The summed E-state index contributed by atoms with van der Waals surface area (Å²) in [6.45, 7) is 2.07. The Balaban J connectivity index is 1.85. The molecule has 0 aliphatic heterocycles. The summed E-state index contributed by atoms with van der Waals surface area (Å²) >= 11 is 0. The van der Waals surface area contributed by atoms with Crippen LogP contribution in [0.4, 0.5) is 0 Å². The van der Waals surface area contributed by atoms with Crippen LogP contribution < -0.4 is 11.1 Å². The van der Waals surface area contributed by atoms with Crippen molar-refractivity contribution < 1.29 is 9.59 Å². The fourth-order valence-corrected chi connectivity index (χ4v) is 3.48. The van der Waals surface area contributed by atoms with Gasteiger partial charge in [-0.25, -0.2) is 0 Å². The minimum atomic E-state index is -0.492. The summed E-state index contributed by atoms with van der Waals surface area (Å²) < 4.78 is 0. The molecule has 4 nitrogen and oxygen atoms in total. The van der Waals surface area contributed by atoms with E-state index < -0.39 is 5.91 Å². The molecule has 124 valence electrons. The Hall–Kier alpha value is -2.62. The first-order valence-electron chi connectivity index (χ1n) is 8.30. The smallest absolute Gasteiger partial charge is 0.251 e. The second-order valence-electron chi connectivity index (χ2n) is 6.55. The van der Waals surface area contributed by atoms with Gasteiger partial charge in [-0.1, -0.05) is 42.7 Å².